The van der Waals surface area contributed by atoms with Crippen LogP contribution >= 0.6 is 0 Å². The highest BCUT2D eigenvalue weighted by Gasteiger charge is 2.38. The Hall–Kier alpha value is -4.23. The van der Waals surface area contributed by atoms with Crippen LogP contribution in [0.5, 0.6) is 11.5 Å². The van der Waals surface area contributed by atoms with Crippen molar-refractivity contribution in [2.24, 2.45) is 5.73 Å². The Kier molecular flexibility index (Phi) is 5.83. The predicted molar refractivity (Wildman–Crippen MR) is 115 cm³/mol. The van der Waals surface area contributed by atoms with Crippen molar-refractivity contribution in [1.29, 1.82) is 10.5 Å². The Morgan fingerprint density at radius 3 is 2.69 bits per heavy atom. The van der Waals surface area contributed by atoms with Crippen LogP contribution in [0.1, 0.15) is 41.9 Å². The fraction of sp³-hybridized carbons (Fsp3) is 0.240. The average molecular weight is 427 g/mol. The van der Waals surface area contributed by atoms with Crippen LogP contribution in [0.25, 0.3) is 0 Å². The molecule has 32 heavy (non-hydrogen) atoms. The third-order valence-corrected chi connectivity index (χ3v) is 5.65. The minimum Gasteiger partial charge on any atom is -0.493 e. The van der Waals surface area contributed by atoms with Gasteiger partial charge in [0.15, 0.2) is 17.3 Å². The first kappa shape index (κ1) is 21.0. The van der Waals surface area contributed by atoms with Crippen LogP contribution in [0.2, 0.25) is 0 Å². The molecular formula is C25H21N3O4. The molecule has 0 radical (unpaired) electrons. The maximum absolute atomic E-state index is 12.7. The van der Waals surface area contributed by atoms with E-state index >= 15 is 0 Å². The van der Waals surface area contributed by atoms with Gasteiger partial charge in [0.05, 0.1) is 24.7 Å². The molecule has 0 saturated carbocycles. The number of nitrogens with two attached hydrogens (primary N) is 1. The minimum atomic E-state index is -0.612. The number of Topliss-reactive ketones (excluding diaryl/α,β-unsaturated/α-hetero) is 1. The molecule has 0 saturated heterocycles. The highest BCUT2D eigenvalue weighted by Crippen LogP contribution is 2.45. The molecule has 4 rings (SSSR count). The van der Waals surface area contributed by atoms with Gasteiger partial charge in [0.2, 0.25) is 5.88 Å². The van der Waals surface area contributed by atoms with Gasteiger partial charge in [-0.15, -0.1) is 0 Å². The van der Waals surface area contributed by atoms with Gasteiger partial charge in [0.25, 0.3) is 0 Å². The first-order valence-corrected chi connectivity index (χ1v) is 10.2. The molecule has 1 aliphatic carbocycles. The fourth-order valence-corrected chi connectivity index (χ4v) is 4.08. The second-order valence-electron chi connectivity index (χ2n) is 7.51. The first-order chi connectivity index (χ1) is 15.6. The van der Waals surface area contributed by atoms with Crippen LogP contribution in [-0.2, 0) is 16.1 Å². The van der Waals surface area contributed by atoms with E-state index in [1.54, 1.807) is 30.3 Å². The Morgan fingerprint density at radius 2 is 1.94 bits per heavy atom. The largest absolute Gasteiger partial charge is 0.493 e. The third kappa shape index (κ3) is 3.77. The average Bonchev–Trinajstić information content (AvgIpc) is 2.82. The van der Waals surface area contributed by atoms with E-state index in [-0.39, 0.29) is 23.8 Å². The van der Waals surface area contributed by atoms with Gasteiger partial charge < -0.3 is 19.9 Å². The molecule has 1 atom stereocenters. The summed E-state index contributed by atoms with van der Waals surface area (Å²) in [6, 6.07) is 16.7. The lowest BCUT2D eigenvalue weighted by Gasteiger charge is -2.31. The number of carbonyl (C=O) groups excluding carboxylic acids is 1. The summed E-state index contributed by atoms with van der Waals surface area (Å²) in [6.07, 6.45) is 1.71. The number of carbonyl (C=O) groups is 1. The zero-order valence-corrected chi connectivity index (χ0v) is 17.6. The van der Waals surface area contributed by atoms with Gasteiger partial charge >= 0.3 is 0 Å². The summed E-state index contributed by atoms with van der Waals surface area (Å²) in [5.74, 6) is 0.844. The highest BCUT2D eigenvalue weighted by atomic mass is 16.5. The molecule has 1 aliphatic heterocycles. The van der Waals surface area contributed by atoms with E-state index in [1.165, 1.54) is 7.11 Å². The number of nitrogens with zero attached hydrogens (tertiary/aromatic N) is 2. The number of benzene rings is 2. The molecule has 7 nitrogen and oxygen atoms in total. The summed E-state index contributed by atoms with van der Waals surface area (Å²) in [5.41, 5.74) is 8.70. The molecule has 2 aliphatic rings. The molecule has 0 unspecified atom stereocenters. The lowest BCUT2D eigenvalue weighted by Crippen LogP contribution is -2.27. The van der Waals surface area contributed by atoms with Crippen molar-refractivity contribution in [3.8, 4) is 23.6 Å². The number of allylic oxidation sites excluding steroid dienone is 3. The number of hydrogen-bond acceptors (Lipinski definition) is 7. The van der Waals surface area contributed by atoms with Crippen LogP contribution in [-0.4, -0.2) is 12.9 Å². The lowest BCUT2D eigenvalue weighted by atomic mass is 9.77. The van der Waals surface area contributed by atoms with Gasteiger partial charge in [0, 0.05) is 24.0 Å². The number of ether oxygens (including phenoxy) is 3. The van der Waals surface area contributed by atoms with Crippen molar-refractivity contribution in [3.63, 3.8) is 0 Å². The smallest absolute Gasteiger partial charge is 0.205 e. The molecule has 0 aromatic heterocycles. The Labute approximate surface area is 185 Å². The molecule has 1 heterocycles. The number of rotatable bonds is 5. The number of nitriles is 2. The second kappa shape index (κ2) is 8.87. The molecule has 2 N–H and O–H groups in total. The van der Waals surface area contributed by atoms with Gasteiger partial charge in [-0.1, -0.05) is 24.3 Å². The van der Waals surface area contributed by atoms with Gasteiger partial charge in [-0.05, 0) is 30.2 Å². The summed E-state index contributed by atoms with van der Waals surface area (Å²) >= 11 is 0. The zero-order chi connectivity index (χ0) is 22.7. The lowest BCUT2D eigenvalue weighted by molar-refractivity contribution is -0.116. The van der Waals surface area contributed by atoms with Gasteiger partial charge in [-0.25, -0.2) is 0 Å². The van der Waals surface area contributed by atoms with Crippen molar-refractivity contribution < 1.29 is 19.0 Å². The molecule has 0 spiro atoms. The summed E-state index contributed by atoms with van der Waals surface area (Å²) in [7, 11) is 1.52. The fourth-order valence-electron chi connectivity index (χ4n) is 4.08. The van der Waals surface area contributed by atoms with Crippen LogP contribution in [0.4, 0.5) is 0 Å². The molecule has 0 fully saturated rings. The van der Waals surface area contributed by atoms with E-state index < -0.39 is 5.92 Å². The Balaban J connectivity index is 1.69. The standard InChI is InChI=1S/C25H21N3O4/c1-30-22-11-15(9-10-20(22)31-14-17-6-3-2-5-16(17)12-26)23-18(13-27)25(28)32-21-8-4-7-19(29)24(21)23/h2-3,5-6,9-11,23H,4,7-8,14,28H2,1H3/t23-/m1/s1. The van der Waals surface area contributed by atoms with E-state index in [9.17, 15) is 15.3 Å². The first-order valence-electron chi connectivity index (χ1n) is 10.2. The number of methoxy groups -OCH3 is 1. The van der Waals surface area contributed by atoms with Crippen LogP contribution in [0, 0.1) is 22.7 Å². The summed E-state index contributed by atoms with van der Waals surface area (Å²) in [6.45, 7) is 0.195. The SMILES string of the molecule is COc1cc([C@@H]2C(C#N)=C(N)OC3=C2C(=O)CCC3)ccc1OCc1ccccc1C#N. The Morgan fingerprint density at radius 1 is 1.12 bits per heavy atom. The van der Waals surface area contributed by atoms with Crippen LogP contribution in [0.15, 0.2) is 65.3 Å². The maximum Gasteiger partial charge on any atom is 0.205 e. The molecule has 2 aromatic carbocycles. The highest BCUT2D eigenvalue weighted by molar-refractivity contribution is 5.99. The monoisotopic (exact) mass is 427 g/mol. The van der Waals surface area contributed by atoms with E-state index in [0.717, 1.165) is 5.56 Å². The molecule has 0 bridgehead atoms. The topological polar surface area (TPSA) is 118 Å². The number of hydrogen-bond donors (Lipinski definition) is 1. The van der Waals surface area contributed by atoms with Gasteiger partial charge in [-0.3, -0.25) is 4.79 Å². The summed E-state index contributed by atoms with van der Waals surface area (Å²) in [4.78, 5) is 12.7. The van der Waals surface area contributed by atoms with Gasteiger partial charge in [0.1, 0.15) is 24.0 Å². The van der Waals surface area contributed by atoms with Crippen molar-refractivity contribution >= 4 is 5.78 Å². The van der Waals surface area contributed by atoms with E-state index in [4.69, 9.17) is 19.9 Å². The second-order valence-corrected chi connectivity index (χ2v) is 7.51. The number of ketones is 1. The van der Waals surface area contributed by atoms with Gasteiger partial charge in [-0.2, -0.15) is 10.5 Å². The van der Waals surface area contributed by atoms with E-state index in [2.05, 4.69) is 12.1 Å². The molecule has 0 amide bonds. The van der Waals surface area contributed by atoms with Crippen LogP contribution in [0.3, 0.4) is 0 Å². The van der Waals surface area contributed by atoms with E-state index in [1.807, 2.05) is 12.1 Å². The minimum absolute atomic E-state index is 0.0263. The molecule has 2 aromatic rings. The normalized spacial score (nSPS) is 17.7. The summed E-state index contributed by atoms with van der Waals surface area (Å²) < 4.78 is 17.1. The molecular weight excluding hydrogens is 406 g/mol. The van der Waals surface area contributed by atoms with Crippen LogP contribution < -0.4 is 15.2 Å². The molecule has 7 heteroatoms. The van der Waals surface area contributed by atoms with E-state index in [0.29, 0.717) is 53.2 Å². The quantitative estimate of drug-likeness (QED) is 0.767. The maximum atomic E-state index is 12.7. The van der Waals surface area contributed by atoms with Crippen molar-refractivity contribution in [3.05, 3.63) is 81.9 Å². The zero-order valence-electron chi connectivity index (χ0n) is 17.6. The van der Waals surface area contributed by atoms with Crippen molar-refractivity contribution in [2.75, 3.05) is 7.11 Å². The van der Waals surface area contributed by atoms with Crippen molar-refractivity contribution in [2.45, 2.75) is 31.8 Å². The molecule has 160 valence electrons. The Bertz CT molecular complexity index is 1230. The summed E-state index contributed by atoms with van der Waals surface area (Å²) in [5, 5.41) is 19.0. The van der Waals surface area contributed by atoms with Crippen molar-refractivity contribution in [1.82, 2.24) is 0 Å². The predicted octanol–water partition coefficient (Wildman–Crippen LogP) is 3.96. The third-order valence-electron chi connectivity index (χ3n) is 5.65.